The molecule has 0 radical (unpaired) electrons. The third-order valence-electron chi connectivity index (χ3n) is 2.63. The third kappa shape index (κ3) is 1.66. The van der Waals surface area contributed by atoms with Gasteiger partial charge in [0.25, 0.3) is 0 Å². The van der Waals surface area contributed by atoms with Gasteiger partial charge >= 0.3 is 0 Å². The maximum absolute atomic E-state index is 9.71. The van der Waals surface area contributed by atoms with Crippen molar-refractivity contribution in [1.82, 2.24) is 0 Å². The van der Waals surface area contributed by atoms with Crippen LogP contribution < -0.4 is 15.2 Å². The van der Waals surface area contributed by atoms with E-state index in [9.17, 15) is 5.11 Å². The van der Waals surface area contributed by atoms with Crippen molar-refractivity contribution in [2.75, 3.05) is 20.3 Å². The maximum Gasteiger partial charge on any atom is 0.166 e. The second kappa shape index (κ2) is 4.08. The number of aliphatic hydroxyl groups is 1. The molecule has 1 heterocycles. The van der Waals surface area contributed by atoms with Crippen LogP contribution in [0.5, 0.6) is 11.5 Å². The molecule has 1 aromatic carbocycles. The second-order valence-corrected chi connectivity index (χ2v) is 3.53. The molecule has 15 heavy (non-hydrogen) atoms. The molecule has 1 aromatic rings. The summed E-state index contributed by atoms with van der Waals surface area (Å²) in [6.07, 6.45) is 0.194. The average molecular weight is 209 g/mol. The molecule has 1 aliphatic rings. The van der Waals surface area contributed by atoms with Gasteiger partial charge in [0.15, 0.2) is 11.5 Å². The van der Waals surface area contributed by atoms with Gasteiger partial charge in [-0.25, -0.2) is 0 Å². The molecule has 0 saturated carbocycles. The number of benzene rings is 1. The smallest absolute Gasteiger partial charge is 0.166 e. The molecule has 0 fully saturated rings. The predicted molar refractivity (Wildman–Crippen MR) is 56.2 cm³/mol. The molecule has 1 aliphatic heterocycles. The molecule has 4 heteroatoms. The van der Waals surface area contributed by atoms with E-state index in [1.165, 1.54) is 0 Å². The van der Waals surface area contributed by atoms with Crippen LogP contribution in [0.2, 0.25) is 0 Å². The third-order valence-corrected chi connectivity index (χ3v) is 2.63. The van der Waals surface area contributed by atoms with Gasteiger partial charge in [-0.15, -0.1) is 0 Å². The molecule has 2 rings (SSSR count). The van der Waals surface area contributed by atoms with Crippen molar-refractivity contribution in [3.63, 3.8) is 0 Å². The van der Waals surface area contributed by atoms with Crippen LogP contribution in [0.1, 0.15) is 17.2 Å². The Morgan fingerprint density at radius 3 is 3.07 bits per heavy atom. The van der Waals surface area contributed by atoms with Crippen molar-refractivity contribution < 1.29 is 14.6 Å². The van der Waals surface area contributed by atoms with Gasteiger partial charge in [-0.2, -0.15) is 0 Å². The number of methoxy groups -OCH3 is 1. The topological polar surface area (TPSA) is 64.7 Å². The Kier molecular flexibility index (Phi) is 2.79. The first kappa shape index (κ1) is 10.3. The lowest BCUT2D eigenvalue weighted by atomic mass is 10.0. The van der Waals surface area contributed by atoms with Crippen LogP contribution in [0.15, 0.2) is 12.1 Å². The molecule has 0 bridgehead atoms. The zero-order valence-electron chi connectivity index (χ0n) is 8.69. The Bertz CT molecular complexity index is 365. The monoisotopic (exact) mass is 209 g/mol. The minimum Gasteiger partial charge on any atom is -0.492 e. The summed E-state index contributed by atoms with van der Waals surface area (Å²) >= 11 is 0. The fourth-order valence-electron chi connectivity index (χ4n) is 1.84. The first-order valence-electron chi connectivity index (χ1n) is 4.98. The Hall–Kier alpha value is -1.26. The summed E-state index contributed by atoms with van der Waals surface area (Å²) in [6.45, 7) is 0.850. The normalized spacial score (nSPS) is 15.7. The molecule has 0 aliphatic carbocycles. The molecular formula is C11H15NO3. The molecular weight excluding hydrogens is 194 g/mol. The Morgan fingerprint density at radius 1 is 1.60 bits per heavy atom. The van der Waals surface area contributed by atoms with Crippen LogP contribution in [0.25, 0.3) is 0 Å². The van der Waals surface area contributed by atoms with Crippen molar-refractivity contribution in [2.24, 2.45) is 5.73 Å². The number of hydrogen-bond acceptors (Lipinski definition) is 4. The lowest BCUT2D eigenvalue weighted by Gasteiger charge is -2.15. The van der Waals surface area contributed by atoms with Crippen LogP contribution in [0.4, 0.5) is 0 Å². The Labute approximate surface area is 88.6 Å². The molecule has 3 N–H and O–H groups in total. The molecule has 1 atom stereocenters. The number of fused-ring (bicyclic) bond motifs is 1. The van der Waals surface area contributed by atoms with Crippen LogP contribution in [-0.4, -0.2) is 25.4 Å². The number of hydrogen-bond donors (Lipinski definition) is 2. The van der Waals surface area contributed by atoms with E-state index < -0.39 is 6.10 Å². The minimum atomic E-state index is -0.700. The lowest BCUT2D eigenvalue weighted by molar-refractivity contribution is 0.181. The van der Waals surface area contributed by atoms with E-state index in [0.717, 1.165) is 17.7 Å². The largest absolute Gasteiger partial charge is 0.492 e. The summed E-state index contributed by atoms with van der Waals surface area (Å²) in [5.41, 5.74) is 7.25. The Morgan fingerprint density at radius 2 is 2.40 bits per heavy atom. The summed E-state index contributed by atoms with van der Waals surface area (Å²) < 4.78 is 10.7. The van der Waals surface area contributed by atoms with Gasteiger partial charge in [-0.05, 0) is 0 Å². The average Bonchev–Trinajstić information content (AvgIpc) is 2.74. The summed E-state index contributed by atoms with van der Waals surface area (Å²) in [6, 6.07) is 3.81. The lowest BCUT2D eigenvalue weighted by Crippen LogP contribution is -2.12. The summed E-state index contributed by atoms with van der Waals surface area (Å²) in [5.74, 6) is 1.37. The Balaban J connectivity index is 2.48. The molecule has 82 valence electrons. The van der Waals surface area contributed by atoms with Crippen molar-refractivity contribution >= 4 is 0 Å². The van der Waals surface area contributed by atoms with E-state index >= 15 is 0 Å². The van der Waals surface area contributed by atoms with Crippen molar-refractivity contribution in [2.45, 2.75) is 12.5 Å². The van der Waals surface area contributed by atoms with Gasteiger partial charge in [0.2, 0.25) is 0 Å². The summed E-state index contributed by atoms with van der Waals surface area (Å²) in [7, 11) is 1.57. The fourth-order valence-corrected chi connectivity index (χ4v) is 1.84. The van der Waals surface area contributed by atoms with Crippen molar-refractivity contribution in [1.29, 1.82) is 0 Å². The van der Waals surface area contributed by atoms with E-state index in [4.69, 9.17) is 15.2 Å². The highest BCUT2D eigenvalue weighted by Crippen LogP contribution is 2.40. The van der Waals surface area contributed by atoms with Gasteiger partial charge in [-0.3, -0.25) is 0 Å². The second-order valence-electron chi connectivity index (χ2n) is 3.53. The van der Waals surface area contributed by atoms with E-state index in [0.29, 0.717) is 17.9 Å². The fraction of sp³-hybridized carbons (Fsp3) is 0.455. The zero-order chi connectivity index (χ0) is 10.8. The van der Waals surface area contributed by atoms with E-state index in [2.05, 4.69) is 0 Å². The molecule has 1 unspecified atom stereocenters. The van der Waals surface area contributed by atoms with Crippen molar-refractivity contribution in [3.05, 3.63) is 23.3 Å². The highest BCUT2D eigenvalue weighted by atomic mass is 16.5. The summed E-state index contributed by atoms with van der Waals surface area (Å²) in [5, 5.41) is 9.71. The highest BCUT2D eigenvalue weighted by molar-refractivity contribution is 5.54. The van der Waals surface area contributed by atoms with Gasteiger partial charge < -0.3 is 20.3 Å². The van der Waals surface area contributed by atoms with E-state index in [1.54, 1.807) is 7.11 Å². The standard InChI is InChI=1S/C11H15NO3/c1-14-11-8(9(13)6-12)3-2-7-4-5-15-10(7)11/h2-3,9,13H,4-6,12H2,1H3. The highest BCUT2D eigenvalue weighted by Gasteiger charge is 2.22. The number of rotatable bonds is 3. The maximum atomic E-state index is 9.71. The minimum absolute atomic E-state index is 0.176. The number of ether oxygens (including phenoxy) is 2. The van der Waals surface area contributed by atoms with Gasteiger partial charge in [0.1, 0.15) is 0 Å². The van der Waals surface area contributed by atoms with E-state index in [1.807, 2.05) is 12.1 Å². The number of nitrogens with two attached hydrogens (primary N) is 1. The molecule has 0 amide bonds. The van der Waals surface area contributed by atoms with Crippen LogP contribution in [0.3, 0.4) is 0 Å². The van der Waals surface area contributed by atoms with Gasteiger partial charge in [0, 0.05) is 24.1 Å². The molecule has 0 saturated heterocycles. The number of aliphatic hydroxyl groups excluding tert-OH is 1. The predicted octanol–water partition coefficient (Wildman–Crippen LogP) is 0.622. The quantitative estimate of drug-likeness (QED) is 0.766. The van der Waals surface area contributed by atoms with Gasteiger partial charge in [0.05, 0.1) is 19.8 Å². The van der Waals surface area contributed by atoms with Crippen molar-refractivity contribution in [3.8, 4) is 11.5 Å². The molecule has 0 spiro atoms. The first-order valence-corrected chi connectivity index (χ1v) is 4.98. The zero-order valence-corrected chi connectivity index (χ0v) is 8.69. The van der Waals surface area contributed by atoms with E-state index in [-0.39, 0.29) is 6.54 Å². The SMILES string of the molecule is COc1c(C(O)CN)ccc2c1OCC2. The molecule has 4 nitrogen and oxygen atoms in total. The molecule has 0 aromatic heterocycles. The first-order chi connectivity index (χ1) is 7.27. The summed E-state index contributed by atoms with van der Waals surface area (Å²) in [4.78, 5) is 0. The van der Waals surface area contributed by atoms with Crippen LogP contribution in [0, 0.1) is 0 Å². The van der Waals surface area contributed by atoms with Crippen LogP contribution >= 0.6 is 0 Å². The van der Waals surface area contributed by atoms with Gasteiger partial charge in [-0.1, -0.05) is 12.1 Å². The van der Waals surface area contributed by atoms with Crippen LogP contribution in [-0.2, 0) is 6.42 Å².